The second-order valence-corrected chi connectivity index (χ2v) is 9.49. The maximum absolute atomic E-state index is 5.10. The first-order valence-corrected chi connectivity index (χ1v) is 9.04. The fourth-order valence-electron chi connectivity index (χ4n) is 3.44. The Bertz CT molecular complexity index is 720. The van der Waals surface area contributed by atoms with E-state index in [-0.39, 0.29) is 31.9 Å². The van der Waals surface area contributed by atoms with Crippen molar-refractivity contribution in [3.8, 4) is 11.1 Å². The van der Waals surface area contributed by atoms with Crippen LogP contribution in [0, 0.1) is 13.8 Å². The van der Waals surface area contributed by atoms with Gasteiger partial charge in [0.1, 0.15) is 0 Å². The topological polar surface area (TPSA) is 17.8 Å². The second-order valence-electron chi connectivity index (χ2n) is 9.49. The number of aromatic nitrogens is 2. The minimum Gasteiger partial charge on any atom is -0.266 e. The number of benzene rings is 1. The van der Waals surface area contributed by atoms with Gasteiger partial charge in [-0.3, -0.25) is 4.68 Å². The van der Waals surface area contributed by atoms with Crippen LogP contribution in [0.15, 0.2) is 18.2 Å². The summed E-state index contributed by atoms with van der Waals surface area (Å²) in [7, 11) is 0. The second kappa shape index (κ2) is 7.39. The normalized spacial score (nSPS) is 12.4. The van der Waals surface area contributed by atoms with Crippen molar-refractivity contribution in [3.05, 3.63) is 40.7 Å². The van der Waals surface area contributed by atoms with Gasteiger partial charge in [-0.25, -0.2) is 0 Å². The monoisotopic (exact) mass is 521 g/mol. The van der Waals surface area contributed by atoms with E-state index in [2.05, 4.69) is 92.1 Å². The molecule has 0 atom stereocenters. The number of hydrogen-bond donors (Lipinski definition) is 0. The summed E-state index contributed by atoms with van der Waals surface area (Å²) in [5, 5.41) is 5.10. The molecule has 2 rings (SSSR count). The Balaban J connectivity index is 0.00000312. The summed E-state index contributed by atoms with van der Waals surface area (Å²) in [5.41, 5.74) is 7.83. The fraction of sp³-hybridized carbons (Fsp3) is 0.591. The Labute approximate surface area is 168 Å². The zero-order valence-corrected chi connectivity index (χ0v) is 19.8. The number of rotatable bonds is 2. The zero-order chi connectivity index (χ0) is 18.4. The maximum Gasteiger partial charge on any atom is 0.0759 e. The molecule has 3 heteroatoms. The smallest absolute Gasteiger partial charge is 0.0759 e. The van der Waals surface area contributed by atoms with Crippen LogP contribution in [0.5, 0.6) is 0 Å². The first-order chi connectivity index (χ1) is 10.8. The molecular formula is C22H34N2Pt. The fourth-order valence-corrected chi connectivity index (χ4v) is 3.44. The van der Waals surface area contributed by atoms with Crippen molar-refractivity contribution >= 4 is 0 Å². The quantitative estimate of drug-likeness (QED) is 0.451. The molecule has 0 radical (unpaired) electrons. The van der Waals surface area contributed by atoms with Crippen molar-refractivity contribution in [2.45, 2.75) is 86.1 Å². The van der Waals surface area contributed by atoms with Gasteiger partial charge in [-0.2, -0.15) is 5.10 Å². The van der Waals surface area contributed by atoms with Gasteiger partial charge in [0.2, 0.25) is 0 Å². The molecule has 0 fully saturated rings. The Hall–Kier alpha value is -0.882. The molecule has 25 heavy (non-hydrogen) atoms. The van der Waals surface area contributed by atoms with Crippen LogP contribution >= 0.6 is 0 Å². The van der Waals surface area contributed by atoms with Gasteiger partial charge in [-0.1, -0.05) is 70.9 Å². The predicted octanol–water partition coefficient (Wildman–Crippen LogP) is 6.34. The summed E-state index contributed by atoms with van der Waals surface area (Å²) in [6.45, 7) is 22.5. The molecule has 0 aliphatic carbocycles. The van der Waals surface area contributed by atoms with E-state index in [0.717, 1.165) is 0 Å². The van der Waals surface area contributed by atoms with Crippen LogP contribution in [-0.4, -0.2) is 9.78 Å². The van der Waals surface area contributed by atoms with Crippen molar-refractivity contribution in [1.29, 1.82) is 0 Å². The average molecular weight is 522 g/mol. The predicted molar refractivity (Wildman–Crippen MR) is 105 cm³/mol. The minimum atomic E-state index is 0. The van der Waals surface area contributed by atoms with Crippen LogP contribution in [0.1, 0.15) is 83.9 Å². The van der Waals surface area contributed by atoms with Gasteiger partial charge in [0.25, 0.3) is 0 Å². The molecule has 2 nitrogen and oxygen atoms in total. The van der Waals surface area contributed by atoms with E-state index in [0.29, 0.717) is 6.04 Å². The molecule has 1 aromatic carbocycles. The SMILES string of the molecule is Cc1cc(C)cc(-c2c(C(C)(C)C)nn(C(C)C)c2C(C)(C)C)c1.[Pt]. The van der Waals surface area contributed by atoms with Gasteiger partial charge in [-0.05, 0) is 33.3 Å². The first kappa shape index (κ1) is 22.2. The van der Waals surface area contributed by atoms with Crippen molar-refractivity contribution in [3.63, 3.8) is 0 Å². The van der Waals surface area contributed by atoms with Crippen LogP contribution < -0.4 is 0 Å². The molecule has 0 aliphatic heterocycles. The zero-order valence-electron chi connectivity index (χ0n) is 17.5. The van der Waals surface area contributed by atoms with E-state index < -0.39 is 0 Å². The van der Waals surface area contributed by atoms with Gasteiger partial charge >= 0.3 is 0 Å². The van der Waals surface area contributed by atoms with Crippen molar-refractivity contribution in [2.75, 3.05) is 0 Å². The molecule has 1 heterocycles. The van der Waals surface area contributed by atoms with Gasteiger partial charge in [-0.15, -0.1) is 0 Å². The molecule has 2 aromatic rings. The van der Waals surface area contributed by atoms with Crippen LogP contribution in [0.4, 0.5) is 0 Å². The summed E-state index contributed by atoms with van der Waals surface area (Å²) in [4.78, 5) is 0. The largest absolute Gasteiger partial charge is 0.266 e. The molecule has 0 spiro atoms. The summed E-state index contributed by atoms with van der Waals surface area (Å²) < 4.78 is 2.24. The molecule has 0 saturated carbocycles. The van der Waals surface area contributed by atoms with Crippen LogP contribution in [-0.2, 0) is 31.9 Å². The molecular weight excluding hydrogens is 487 g/mol. The third kappa shape index (κ3) is 4.64. The van der Waals surface area contributed by atoms with E-state index in [1.807, 2.05) is 0 Å². The van der Waals surface area contributed by atoms with E-state index in [1.165, 1.54) is 33.6 Å². The molecule has 0 N–H and O–H groups in total. The van der Waals surface area contributed by atoms with Gasteiger partial charge in [0.05, 0.1) is 11.4 Å². The third-order valence-corrected chi connectivity index (χ3v) is 4.33. The van der Waals surface area contributed by atoms with E-state index in [9.17, 15) is 0 Å². The number of aryl methyl sites for hydroxylation is 2. The number of hydrogen-bond acceptors (Lipinski definition) is 1. The van der Waals surface area contributed by atoms with Gasteiger partial charge in [0, 0.05) is 43.5 Å². The van der Waals surface area contributed by atoms with Crippen molar-refractivity contribution < 1.29 is 21.1 Å². The summed E-state index contributed by atoms with van der Waals surface area (Å²) >= 11 is 0. The molecule has 0 unspecified atom stereocenters. The molecule has 0 saturated heterocycles. The number of nitrogens with zero attached hydrogens (tertiary/aromatic N) is 2. The Kier molecular flexibility index (Phi) is 6.55. The summed E-state index contributed by atoms with van der Waals surface area (Å²) in [6.07, 6.45) is 0. The molecule has 0 bridgehead atoms. The van der Waals surface area contributed by atoms with Crippen LogP contribution in [0.2, 0.25) is 0 Å². The van der Waals surface area contributed by atoms with E-state index in [4.69, 9.17) is 5.10 Å². The standard InChI is InChI=1S/C22H34N2.Pt/c1-14(2)24-20(22(8,9)10)18(19(23-24)21(5,6)7)17-12-15(3)11-16(4)13-17;/h11-14H,1-10H3;. The average Bonchev–Trinajstić information content (AvgIpc) is 2.77. The van der Waals surface area contributed by atoms with Crippen LogP contribution in [0.3, 0.4) is 0 Å². The van der Waals surface area contributed by atoms with E-state index in [1.54, 1.807) is 0 Å². The van der Waals surface area contributed by atoms with Gasteiger partial charge < -0.3 is 0 Å². The summed E-state index contributed by atoms with van der Waals surface area (Å²) in [6, 6.07) is 7.20. The maximum atomic E-state index is 5.10. The Morgan fingerprint density at radius 3 is 1.68 bits per heavy atom. The van der Waals surface area contributed by atoms with Crippen LogP contribution in [0.25, 0.3) is 11.1 Å². The summed E-state index contributed by atoms with van der Waals surface area (Å²) in [5.74, 6) is 0. The Morgan fingerprint density at radius 1 is 0.840 bits per heavy atom. The van der Waals surface area contributed by atoms with Crippen molar-refractivity contribution in [2.24, 2.45) is 0 Å². The minimum absolute atomic E-state index is 0. The Morgan fingerprint density at radius 2 is 1.32 bits per heavy atom. The third-order valence-electron chi connectivity index (χ3n) is 4.33. The molecule has 142 valence electrons. The van der Waals surface area contributed by atoms with Crippen molar-refractivity contribution in [1.82, 2.24) is 9.78 Å². The van der Waals surface area contributed by atoms with Gasteiger partial charge in [0.15, 0.2) is 0 Å². The molecule has 1 aromatic heterocycles. The first-order valence-electron chi connectivity index (χ1n) is 9.04. The van der Waals surface area contributed by atoms with E-state index >= 15 is 0 Å². The molecule has 0 aliphatic rings. The molecule has 0 amide bonds.